The normalized spacial score (nSPS) is 25.7. The van der Waals surface area contributed by atoms with E-state index >= 15 is 0 Å². The van der Waals surface area contributed by atoms with Gasteiger partial charge >= 0.3 is 0 Å². The highest BCUT2D eigenvalue weighted by Gasteiger charge is 2.44. The van der Waals surface area contributed by atoms with Gasteiger partial charge in [-0.15, -0.1) is 11.3 Å². The van der Waals surface area contributed by atoms with Crippen molar-refractivity contribution in [3.63, 3.8) is 0 Å². The molecule has 0 aromatic carbocycles. The van der Waals surface area contributed by atoms with E-state index in [0.29, 0.717) is 11.2 Å². The van der Waals surface area contributed by atoms with Gasteiger partial charge in [0.1, 0.15) is 30.2 Å². The number of hydrogen-bond acceptors (Lipinski definition) is 9. The lowest BCUT2D eigenvalue weighted by Gasteiger charge is -2.20. The first-order valence-corrected chi connectivity index (χ1v) is 10.5. The standard InChI is InChI=1S/C18H22ClN5O4S/c1-2-9(5-10-3-4-12(19)29-10)27-6-11-14(25)15(26)18(28-11)24-8-23-13-16(20)21-7-22-17(13)24/h3-4,7-9,11,14-15,18,25-26H,2,5-6H2,1H3,(H2,20,21,22)/t9?,11-,14-,15-,18-/m1/s1. The molecule has 1 aliphatic rings. The highest BCUT2D eigenvalue weighted by Crippen LogP contribution is 2.32. The van der Waals surface area contributed by atoms with E-state index in [2.05, 4.69) is 15.0 Å². The first kappa shape index (κ1) is 20.5. The van der Waals surface area contributed by atoms with Crippen LogP contribution in [0.1, 0.15) is 24.4 Å². The number of aliphatic hydroxyl groups is 2. The number of imidazole rings is 1. The zero-order chi connectivity index (χ0) is 20.5. The molecule has 0 spiro atoms. The van der Waals surface area contributed by atoms with Crippen LogP contribution < -0.4 is 5.73 Å². The summed E-state index contributed by atoms with van der Waals surface area (Å²) in [7, 11) is 0. The van der Waals surface area contributed by atoms with Crippen LogP contribution in [-0.4, -0.2) is 60.8 Å². The Balaban J connectivity index is 1.43. The third-order valence-corrected chi connectivity index (χ3v) is 6.26. The van der Waals surface area contributed by atoms with Crippen LogP contribution in [0.15, 0.2) is 24.8 Å². The highest BCUT2D eigenvalue weighted by molar-refractivity contribution is 7.16. The second kappa shape index (κ2) is 8.50. The Morgan fingerprint density at radius 2 is 2.14 bits per heavy atom. The molecule has 0 saturated carbocycles. The minimum absolute atomic E-state index is 0.0432. The summed E-state index contributed by atoms with van der Waals surface area (Å²) in [6.07, 6.45) is 0.461. The maximum Gasteiger partial charge on any atom is 0.167 e. The van der Waals surface area contributed by atoms with Gasteiger partial charge in [-0.3, -0.25) is 4.57 Å². The molecular weight excluding hydrogens is 418 g/mol. The molecule has 5 atom stereocenters. The predicted octanol–water partition coefficient (Wildman–Crippen LogP) is 1.78. The number of hydrogen-bond donors (Lipinski definition) is 3. The van der Waals surface area contributed by atoms with E-state index in [1.54, 1.807) is 4.57 Å². The van der Waals surface area contributed by atoms with Crippen LogP contribution in [-0.2, 0) is 15.9 Å². The first-order chi connectivity index (χ1) is 14.0. The van der Waals surface area contributed by atoms with Gasteiger partial charge in [-0.25, -0.2) is 15.0 Å². The SMILES string of the molecule is CCC(Cc1ccc(Cl)s1)OC[C@H]1O[C@@H](n2cnc3c(N)ncnc32)[C@H](O)[C@@H]1O. The zero-order valence-electron chi connectivity index (χ0n) is 15.7. The van der Waals surface area contributed by atoms with Gasteiger partial charge in [0.2, 0.25) is 0 Å². The number of fused-ring (bicyclic) bond motifs is 1. The number of thiophene rings is 1. The van der Waals surface area contributed by atoms with E-state index in [9.17, 15) is 10.2 Å². The summed E-state index contributed by atoms with van der Waals surface area (Å²) in [5, 5.41) is 21.0. The molecular formula is C18H22ClN5O4S. The van der Waals surface area contributed by atoms with Crippen molar-refractivity contribution in [1.82, 2.24) is 19.5 Å². The molecule has 156 valence electrons. The lowest BCUT2D eigenvalue weighted by molar-refractivity contribution is -0.0811. The third kappa shape index (κ3) is 4.09. The van der Waals surface area contributed by atoms with E-state index < -0.39 is 24.5 Å². The first-order valence-electron chi connectivity index (χ1n) is 9.28. The number of anilines is 1. The Bertz CT molecular complexity index is 982. The van der Waals surface area contributed by atoms with Gasteiger partial charge in [0, 0.05) is 11.3 Å². The Hall–Kier alpha value is -1.82. The number of nitrogens with two attached hydrogens (primary N) is 1. The molecule has 0 amide bonds. The van der Waals surface area contributed by atoms with Gasteiger partial charge < -0.3 is 25.4 Å². The van der Waals surface area contributed by atoms with Crippen molar-refractivity contribution in [2.45, 2.75) is 50.4 Å². The Morgan fingerprint density at radius 3 is 2.86 bits per heavy atom. The van der Waals surface area contributed by atoms with Gasteiger partial charge in [0.25, 0.3) is 0 Å². The van der Waals surface area contributed by atoms with Crippen LogP contribution in [0.5, 0.6) is 0 Å². The second-order valence-corrected chi connectivity index (χ2v) is 8.70. The van der Waals surface area contributed by atoms with E-state index in [1.807, 2.05) is 19.1 Å². The van der Waals surface area contributed by atoms with E-state index in [0.717, 1.165) is 22.1 Å². The highest BCUT2D eigenvalue weighted by atomic mass is 35.5. The third-order valence-electron chi connectivity index (χ3n) is 5.01. The molecule has 1 saturated heterocycles. The van der Waals surface area contributed by atoms with Crippen LogP contribution in [0, 0.1) is 0 Å². The molecule has 0 radical (unpaired) electrons. The smallest absolute Gasteiger partial charge is 0.167 e. The van der Waals surface area contributed by atoms with Crippen LogP contribution in [0.3, 0.4) is 0 Å². The molecule has 0 bridgehead atoms. The summed E-state index contributed by atoms with van der Waals surface area (Å²) in [5.41, 5.74) is 6.65. The van der Waals surface area contributed by atoms with Crippen LogP contribution >= 0.6 is 22.9 Å². The molecule has 9 nitrogen and oxygen atoms in total. The second-order valence-electron chi connectivity index (χ2n) is 6.90. The van der Waals surface area contributed by atoms with Crippen molar-refractivity contribution in [3.8, 4) is 0 Å². The number of nitrogen functional groups attached to an aromatic ring is 1. The summed E-state index contributed by atoms with van der Waals surface area (Å²) in [6, 6.07) is 3.85. The van der Waals surface area contributed by atoms with Gasteiger partial charge in [-0.05, 0) is 18.6 Å². The molecule has 4 N–H and O–H groups in total. The minimum Gasteiger partial charge on any atom is -0.387 e. The number of halogens is 1. The Labute approximate surface area is 176 Å². The van der Waals surface area contributed by atoms with Crippen molar-refractivity contribution in [2.24, 2.45) is 0 Å². The average molecular weight is 440 g/mol. The molecule has 29 heavy (non-hydrogen) atoms. The number of aromatic nitrogens is 4. The summed E-state index contributed by atoms with van der Waals surface area (Å²) < 4.78 is 14.2. The van der Waals surface area contributed by atoms with E-state index in [1.165, 1.54) is 24.0 Å². The van der Waals surface area contributed by atoms with E-state index in [-0.39, 0.29) is 18.5 Å². The maximum atomic E-state index is 10.5. The average Bonchev–Trinajstić information content (AvgIpc) is 3.39. The topological polar surface area (TPSA) is 129 Å². The monoisotopic (exact) mass is 439 g/mol. The lowest BCUT2D eigenvalue weighted by atomic mass is 10.1. The van der Waals surface area contributed by atoms with Gasteiger partial charge in [-0.1, -0.05) is 18.5 Å². The van der Waals surface area contributed by atoms with Gasteiger partial charge in [0.05, 0.1) is 23.4 Å². The van der Waals surface area contributed by atoms with Crippen molar-refractivity contribution in [2.75, 3.05) is 12.3 Å². The maximum absolute atomic E-state index is 10.5. The zero-order valence-corrected chi connectivity index (χ0v) is 17.3. The van der Waals surface area contributed by atoms with Gasteiger partial charge in [0.15, 0.2) is 17.7 Å². The molecule has 1 fully saturated rings. The molecule has 1 aliphatic heterocycles. The van der Waals surface area contributed by atoms with Crippen LogP contribution in [0.4, 0.5) is 5.82 Å². The number of ether oxygens (including phenoxy) is 2. The fourth-order valence-electron chi connectivity index (χ4n) is 3.39. The molecule has 3 aromatic heterocycles. The van der Waals surface area contributed by atoms with Crippen molar-refractivity contribution < 1.29 is 19.7 Å². The lowest BCUT2D eigenvalue weighted by Crippen LogP contribution is -2.35. The molecule has 0 aliphatic carbocycles. The summed E-state index contributed by atoms with van der Waals surface area (Å²) >= 11 is 7.52. The minimum atomic E-state index is -1.16. The van der Waals surface area contributed by atoms with Crippen LogP contribution in [0.2, 0.25) is 4.34 Å². The molecule has 1 unspecified atom stereocenters. The van der Waals surface area contributed by atoms with E-state index in [4.69, 9.17) is 26.8 Å². The molecule has 3 aromatic rings. The summed E-state index contributed by atoms with van der Waals surface area (Å²) in [4.78, 5) is 13.4. The number of aliphatic hydroxyl groups excluding tert-OH is 2. The fraction of sp³-hybridized carbons (Fsp3) is 0.500. The quantitative estimate of drug-likeness (QED) is 0.508. The molecule has 4 heterocycles. The Kier molecular flexibility index (Phi) is 6.00. The Morgan fingerprint density at radius 1 is 1.31 bits per heavy atom. The van der Waals surface area contributed by atoms with Crippen molar-refractivity contribution in [1.29, 1.82) is 0 Å². The van der Waals surface area contributed by atoms with Crippen LogP contribution in [0.25, 0.3) is 11.2 Å². The number of rotatable bonds is 7. The molecule has 11 heteroatoms. The molecule has 4 rings (SSSR count). The van der Waals surface area contributed by atoms with Crippen molar-refractivity contribution >= 4 is 39.9 Å². The largest absolute Gasteiger partial charge is 0.387 e. The fourth-order valence-corrected chi connectivity index (χ4v) is 4.54. The number of nitrogens with zero attached hydrogens (tertiary/aromatic N) is 4. The summed E-state index contributed by atoms with van der Waals surface area (Å²) in [5.74, 6) is 0.237. The summed E-state index contributed by atoms with van der Waals surface area (Å²) in [6.45, 7) is 2.18. The van der Waals surface area contributed by atoms with Gasteiger partial charge in [-0.2, -0.15) is 0 Å². The van der Waals surface area contributed by atoms with Crippen molar-refractivity contribution in [3.05, 3.63) is 34.0 Å². The predicted molar refractivity (Wildman–Crippen MR) is 109 cm³/mol.